The Balaban J connectivity index is 1.92. The van der Waals surface area contributed by atoms with Crippen LogP contribution >= 0.6 is 11.3 Å². The third kappa shape index (κ3) is 3.21. The van der Waals surface area contributed by atoms with Gasteiger partial charge in [-0.05, 0) is 17.9 Å². The van der Waals surface area contributed by atoms with Gasteiger partial charge in [0.1, 0.15) is 0 Å². The molecule has 1 aliphatic rings. The van der Waals surface area contributed by atoms with Gasteiger partial charge < -0.3 is 20.5 Å². The molecule has 98 valence electrons. The molecule has 0 spiro atoms. The highest BCUT2D eigenvalue weighted by Gasteiger charge is 2.25. The summed E-state index contributed by atoms with van der Waals surface area (Å²) in [6.45, 7) is 1.10. The minimum atomic E-state index is -1.07. The topological polar surface area (TPSA) is 87.7 Å². The second-order valence-electron chi connectivity index (χ2n) is 3.96. The molecule has 0 aliphatic carbocycles. The maximum atomic E-state index is 11.7. The van der Waals surface area contributed by atoms with Crippen LogP contribution < -0.4 is 10.6 Å². The van der Waals surface area contributed by atoms with Crippen LogP contribution in [0.2, 0.25) is 0 Å². The first-order valence-electron chi connectivity index (χ1n) is 5.58. The van der Waals surface area contributed by atoms with Crippen molar-refractivity contribution < 1.29 is 19.4 Å². The Morgan fingerprint density at radius 1 is 1.56 bits per heavy atom. The lowest BCUT2D eigenvalue weighted by Crippen LogP contribution is -2.45. The molecule has 0 saturated carbocycles. The number of carboxylic acids is 1. The molecule has 2 heterocycles. The lowest BCUT2D eigenvalue weighted by atomic mass is 10.2. The van der Waals surface area contributed by atoms with E-state index in [1.54, 1.807) is 17.5 Å². The number of aliphatic carboxylic acids is 1. The molecule has 1 saturated heterocycles. The molecule has 1 fully saturated rings. The highest BCUT2D eigenvalue weighted by atomic mass is 32.1. The van der Waals surface area contributed by atoms with Gasteiger partial charge in [-0.25, -0.2) is 9.59 Å². The molecular weight excluding hydrogens is 256 g/mol. The second-order valence-corrected chi connectivity index (χ2v) is 4.94. The van der Waals surface area contributed by atoms with E-state index in [1.807, 2.05) is 0 Å². The smallest absolute Gasteiger partial charge is 0.331 e. The number of carbonyl (C=O) groups is 2. The molecule has 1 aromatic heterocycles. The van der Waals surface area contributed by atoms with Gasteiger partial charge in [0.2, 0.25) is 0 Å². The van der Waals surface area contributed by atoms with Crippen molar-refractivity contribution in [2.75, 3.05) is 13.2 Å². The maximum absolute atomic E-state index is 11.7. The molecule has 0 aromatic carbocycles. The van der Waals surface area contributed by atoms with Crippen molar-refractivity contribution >= 4 is 23.3 Å². The van der Waals surface area contributed by atoms with Gasteiger partial charge in [-0.2, -0.15) is 0 Å². The first-order valence-corrected chi connectivity index (χ1v) is 6.46. The van der Waals surface area contributed by atoms with Crippen molar-refractivity contribution in [1.82, 2.24) is 10.6 Å². The Morgan fingerprint density at radius 3 is 2.94 bits per heavy atom. The third-order valence-corrected chi connectivity index (χ3v) is 3.55. The van der Waals surface area contributed by atoms with Gasteiger partial charge in [-0.3, -0.25) is 0 Å². The Kier molecular flexibility index (Phi) is 4.16. The number of rotatable bonds is 4. The maximum Gasteiger partial charge on any atom is 0.331 e. The van der Waals surface area contributed by atoms with Crippen LogP contribution in [0, 0.1) is 0 Å². The normalized spacial score (nSPS) is 20.3. The standard InChI is InChI=1S/C11H14N2O4S/c14-10(15)9(8-2-1-5-18-8)13-11(16)12-7-3-4-17-6-7/h1-2,5,7,9H,3-4,6H2,(H,14,15)(H2,12,13,16). The van der Waals surface area contributed by atoms with Crippen molar-refractivity contribution in [3.8, 4) is 0 Å². The van der Waals surface area contributed by atoms with Gasteiger partial charge in [0.25, 0.3) is 0 Å². The van der Waals surface area contributed by atoms with Gasteiger partial charge in [0.15, 0.2) is 6.04 Å². The minimum absolute atomic E-state index is 0.0391. The highest BCUT2D eigenvalue weighted by molar-refractivity contribution is 7.10. The second kappa shape index (κ2) is 5.83. The first-order chi connectivity index (χ1) is 8.66. The van der Waals surface area contributed by atoms with Crippen LogP contribution in [0.25, 0.3) is 0 Å². The molecule has 0 bridgehead atoms. The fraction of sp³-hybridized carbons (Fsp3) is 0.455. The van der Waals surface area contributed by atoms with Crippen LogP contribution in [0.4, 0.5) is 4.79 Å². The number of carbonyl (C=O) groups excluding carboxylic acids is 1. The zero-order valence-corrected chi connectivity index (χ0v) is 10.4. The van der Waals surface area contributed by atoms with Crippen LogP contribution in [0.15, 0.2) is 17.5 Å². The minimum Gasteiger partial charge on any atom is -0.479 e. The molecule has 2 atom stereocenters. The number of carboxylic acid groups (broad SMARTS) is 1. The van der Waals surface area contributed by atoms with E-state index in [0.717, 1.165) is 6.42 Å². The fourth-order valence-electron chi connectivity index (χ4n) is 1.72. The Hall–Kier alpha value is -1.60. The van der Waals surface area contributed by atoms with Gasteiger partial charge >= 0.3 is 12.0 Å². The fourth-order valence-corrected chi connectivity index (χ4v) is 2.48. The molecule has 2 rings (SSSR count). The van der Waals surface area contributed by atoms with Crippen LogP contribution in [0.3, 0.4) is 0 Å². The summed E-state index contributed by atoms with van der Waals surface area (Å²) < 4.78 is 5.13. The van der Waals surface area contributed by atoms with Crippen LogP contribution in [0.5, 0.6) is 0 Å². The van der Waals surface area contributed by atoms with Gasteiger partial charge in [0, 0.05) is 11.5 Å². The summed E-state index contributed by atoms with van der Waals surface area (Å²) in [7, 11) is 0. The van der Waals surface area contributed by atoms with Gasteiger partial charge in [-0.1, -0.05) is 6.07 Å². The van der Waals surface area contributed by atoms with E-state index in [4.69, 9.17) is 9.84 Å². The summed E-state index contributed by atoms with van der Waals surface area (Å²) in [5.41, 5.74) is 0. The molecule has 1 aromatic rings. The van der Waals surface area contributed by atoms with E-state index < -0.39 is 18.0 Å². The van der Waals surface area contributed by atoms with E-state index in [9.17, 15) is 9.59 Å². The number of hydrogen-bond acceptors (Lipinski definition) is 4. The molecule has 2 amide bonds. The van der Waals surface area contributed by atoms with E-state index >= 15 is 0 Å². The van der Waals surface area contributed by atoms with Crippen LogP contribution in [0.1, 0.15) is 17.3 Å². The predicted octanol–water partition coefficient (Wildman–Crippen LogP) is 0.962. The summed E-state index contributed by atoms with van der Waals surface area (Å²) in [4.78, 5) is 23.4. The predicted molar refractivity (Wildman–Crippen MR) is 65.6 cm³/mol. The van der Waals surface area contributed by atoms with E-state index in [0.29, 0.717) is 18.1 Å². The number of thiophene rings is 1. The van der Waals surface area contributed by atoms with Crippen molar-refractivity contribution in [3.05, 3.63) is 22.4 Å². The number of ether oxygens (including phenoxy) is 1. The average Bonchev–Trinajstić information content (AvgIpc) is 2.97. The molecule has 7 heteroatoms. The molecular formula is C11H14N2O4S. The van der Waals surface area contributed by atoms with Crippen molar-refractivity contribution in [3.63, 3.8) is 0 Å². The lowest BCUT2D eigenvalue weighted by molar-refractivity contribution is -0.139. The van der Waals surface area contributed by atoms with Crippen molar-refractivity contribution in [1.29, 1.82) is 0 Å². The molecule has 6 nitrogen and oxygen atoms in total. The highest BCUT2D eigenvalue weighted by Crippen LogP contribution is 2.19. The van der Waals surface area contributed by atoms with Crippen molar-refractivity contribution in [2.24, 2.45) is 0 Å². The first kappa shape index (κ1) is 12.8. The van der Waals surface area contributed by atoms with Crippen LogP contribution in [-0.2, 0) is 9.53 Å². The van der Waals surface area contributed by atoms with Gasteiger partial charge in [0.05, 0.1) is 12.6 Å². The van der Waals surface area contributed by atoms with Gasteiger partial charge in [-0.15, -0.1) is 11.3 Å². The lowest BCUT2D eigenvalue weighted by Gasteiger charge is -2.16. The number of hydrogen-bond donors (Lipinski definition) is 3. The molecule has 2 unspecified atom stereocenters. The zero-order valence-electron chi connectivity index (χ0n) is 9.59. The van der Waals surface area contributed by atoms with E-state index in [1.165, 1.54) is 11.3 Å². The number of amides is 2. The van der Waals surface area contributed by atoms with Crippen LogP contribution in [-0.4, -0.2) is 36.4 Å². The van der Waals surface area contributed by atoms with Crippen molar-refractivity contribution in [2.45, 2.75) is 18.5 Å². The molecule has 1 aliphatic heterocycles. The Morgan fingerprint density at radius 2 is 2.39 bits per heavy atom. The monoisotopic (exact) mass is 270 g/mol. The third-order valence-electron chi connectivity index (χ3n) is 2.61. The van der Waals surface area contributed by atoms with E-state index in [2.05, 4.69) is 10.6 Å². The summed E-state index contributed by atoms with van der Waals surface area (Å²) in [5, 5.41) is 16.0. The summed E-state index contributed by atoms with van der Waals surface area (Å²) in [6, 6.07) is 1.91. The average molecular weight is 270 g/mol. The summed E-state index contributed by atoms with van der Waals surface area (Å²) in [5.74, 6) is -1.07. The largest absolute Gasteiger partial charge is 0.479 e. The number of nitrogens with one attached hydrogen (secondary N) is 2. The zero-order chi connectivity index (χ0) is 13.0. The quantitative estimate of drug-likeness (QED) is 0.760. The summed E-state index contributed by atoms with van der Waals surface area (Å²) >= 11 is 1.30. The Bertz CT molecular complexity index is 415. The number of urea groups is 1. The summed E-state index contributed by atoms with van der Waals surface area (Å²) in [6.07, 6.45) is 0.754. The SMILES string of the molecule is O=C(NC1CCOC1)NC(C(=O)O)c1cccs1. The molecule has 18 heavy (non-hydrogen) atoms. The van der Waals surface area contributed by atoms with E-state index in [-0.39, 0.29) is 6.04 Å². The molecule has 3 N–H and O–H groups in total. The Labute approximate surface area is 108 Å². The molecule has 0 radical (unpaired) electrons.